The van der Waals surface area contributed by atoms with E-state index in [1.807, 2.05) is 9.80 Å². The van der Waals surface area contributed by atoms with E-state index >= 15 is 0 Å². The summed E-state index contributed by atoms with van der Waals surface area (Å²) in [6.45, 7) is 3.03. The van der Waals surface area contributed by atoms with Crippen molar-refractivity contribution in [1.29, 1.82) is 0 Å². The van der Waals surface area contributed by atoms with Gasteiger partial charge >= 0.3 is 0 Å². The van der Waals surface area contributed by atoms with Crippen LogP contribution in [0.15, 0.2) is 18.2 Å². The summed E-state index contributed by atoms with van der Waals surface area (Å²) in [7, 11) is 0. The zero-order valence-electron chi connectivity index (χ0n) is 16.4. The Kier molecular flexibility index (Phi) is 7.13. The minimum absolute atomic E-state index is 0.00518. The van der Waals surface area contributed by atoms with Gasteiger partial charge in [0.15, 0.2) is 0 Å². The SMILES string of the molecule is O=C(CN1CCC(C(=O)N2CCCCCC2)CC1)Nc1ccc(F)cc1[N+](=O)[O-]. The Labute approximate surface area is 169 Å². The summed E-state index contributed by atoms with van der Waals surface area (Å²) in [5.74, 6) is -0.883. The van der Waals surface area contributed by atoms with Crippen molar-refractivity contribution >= 4 is 23.2 Å². The van der Waals surface area contributed by atoms with Crippen molar-refractivity contribution in [3.63, 3.8) is 0 Å². The average Bonchev–Trinajstić information content (AvgIpc) is 2.99. The Hall–Kier alpha value is -2.55. The van der Waals surface area contributed by atoms with Crippen LogP contribution in [0.4, 0.5) is 15.8 Å². The van der Waals surface area contributed by atoms with Crippen molar-refractivity contribution in [1.82, 2.24) is 9.80 Å². The standard InChI is InChI=1S/C20H27FN4O4/c21-16-5-6-17(18(13-16)25(28)29)22-19(26)14-23-11-7-15(8-12-23)20(27)24-9-3-1-2-4-10-24/h5-6,13,15H,1-4,7-12,14H2,(H,22,26). The second-order valence-electron chi connectivity index (χ2n) is 7.76. The van der Waals surface area contributed by atoms with Gasteiger partial charge in [-0.15, -0.1) is 0 Å². The van der Waals surface area contributed by atoms with E-state index in [1.54, 1.807) is 0 Å². The van der Waals surface area contributed by atoms with Crippen molar-refractivity contribution < 1.29 is 18.9 Å². The first kappa shape index (κ1) is 21.2. The van der Waals surface area contributed by atoms with Gasteiger partial charge in [0.1, 0.15) is 11.5 Å². The lowest BCUT2D eigenvalue weighted by molar-refractivity contribution is -0.384. The van der Waals surface area contributed by atoms with Crippen molar-refractivity contribution in [2.75, 3.05) is 38.0 Å². The molecule has 0 aliphatic carbocycles. The smallest absolute Gasteiger partial charge is 0.295 e. The van der Waals surface area contributed by atoms with E-state index in [2.05, 4.69) is 5.32 Å². The number of nitro groups is 1. The van der Waals surface area contributed by atoms with Gasteiger partial charge in [0.25, 0.3) is 5.69 Å². The Morgan fingerprint density at radius 1 is 1.10 bits per heavy atom. The third-order valence-corrected chi connectivity index (χ3v) is 5.65. The second kappa shape index (κ2) is 9.78. The maximum Gasteiger partial charge on any atom is 0.295 e. The molecule has 0 unspecified atom stereocenters. The van der Waals surface area contributed by atoms with Gasteiger partial charge in [0.2, 0.25) is 11.8 Å². The molecule has 1 N–H and O–H groups in total. The number of benzene rings is 1. The van der Waals surface area contributed by atoms with E-state index < -0.39 is 22.3 Å². The number of amides is 2. The van der Waals surface area contributed by atoms with E-state index in [4.69, 9.17) is 0 Å². The molecular formula is C20H27FN4O4. The fourth-order valence-corrected chi connectivity index (χ4v) is 4.04. The zero-order chi connectivity index (χ0) is 20.8. The molecule has 1 aromatic rings. The van der Waals surface area contributed by atoms with Crippen LogP contribution in [-0.2, 0) is 9.59 Å². The first-order chi connectivity index (χ1) is 13.9. The Bertz CT molecular complexity index is 757. The number of halogens is 1. The molecule has 0 spiro atoms. The average molecular weight is 406 g/mol. The first-order valence-corrected chi connectivity index (χ1v) is 10.2. The third kappa shape index (κ3) is 5.72. The molecule has 2 aliphatic rings. The van der Waals surface area contributed by atoms with Crippen molar-refractivity contribution in [2.24, 2.45) is 5.92 Å². The Balaban J connectivity index is 1.49. The number of nitrogens with zero attached hydrogens (tertiary/aromatic N) is 3. The molecule has 2 fully saturated rings. The van der Waals surface area contributed by atoms with Gasteiger partial charge < -0.3 is 10.2 Å². The highest BCUT2D eigenvalue weighted by Gasteiger charge is 2.29. The van der Waals surface area contributed by atoms with Crippen molar-refractivity contribution in [2.45, 2.75) is 38.5 Å². The lowest BCUT2D eigenvalue weighted by atomic mass is 9.95. The molecule has 158 valence electrons. The number of carbonyl (C=O) groups is 2. The number of nitro benzene ring substituents is 1. The summed E-state index contributed by atoms with van der Waals surface area (Å²) in [6, 6.07) is 3.05. The van der Waals surface area contributed by atoms with Gasteiger partial charge in [-0.25, -0.2) is 4.39 Å². The van der Waals surface area contributed by atoms with Crippen LogP contribution in [-0.4, -0.2) is 59.3 Å². The lowest BCUT2D eigenvalue weighted by Gasteiger charge is -2.33. The molecule has 0 aromatic heterocycles. The minimum Gasteiger partial charge on any atom is -0.342 e. The summed E-state index contributed by atoms with van der Waals surface area (Å²) in [5.41, 5.74) is -0.493. The molecule has 0 radical (unpaired) electrons. The van der Waals surface area contributed by atoms with Crippen LogP contribution in [0.3, 0.4) is 0 Å². The third-order valence-electron chi connectivity index (χ3n) is 5.65. The molecule has 3 rings (SSSR count). The van der Waals surface area contributed by atoms with Crippen molar-refractivity contribution in [3.8, 4) is 0 Å². The van der Waals surface area contributed by atoms with Gasteiger partial charge in [0, 0.05) is 19.0 Å². The van der Waals surface area contributed by atoms with Crippen molar-refractivity contribution in [3.05, 3.63) is 34.1 Å². The number of nitrogens with one attached hydrogen (secondary N) is 1. The van der Waals surface area contributed by atoms with Crippen LogP contribution in [0, 0.1) is 21.8 Å². The largest absolute Gasteiger partial charge is 0.342 e. The van der Waals surface area contributed by atoms with Gasteiger partial charge in [-0.3, -0.25) is 24.6 Å². The van der Waals surface area contributed by atoms with Crippen LogP contribution < -0.4 is 5.32 Å². The maximum atomic E-state index is 13.2. The molecule has 8 nitrogen and oxygen atoms in total. The molecule has 2 amide bonds. The molecule has 2 heterocycles. The summed E-state index contributed by atoms with van der Waals surface area (Å²) in [6.07, 6.45) is 5.92. The van der Waals surface area contributed by atoms with E-state index in [-0.39, 0.29) is 24.1 Å². The van der Waals surface area contributed by atoms with E-state index in [1.165, 1.54) is 18.9 Å². The maximum absolute atomic E-state index is 13.2. The normalized spacial score (nSPS) is 18.9. The van der Waals surface area contributed by atoms with Crippen LogP contribution in [0.2, 0.25) is 0 Å². The Morgan fingerprint density at radius 2 is 1.76 bits per heavy atom. The first-order valence-electron chi connectivity index (χ1n) is 10.2. The number of anilines is 1. The number of hydrogen-bond donors (Lipinski definition) is 1. The lowest BCUT2D eigenvalue weighted by Crippen LogP contribution is -2.44. The number of carbonyl (C=O) groups excluding carboxylic acids is 2. The number of likely N-dealkylation sites (tertiary alicyclic amines) is 2. The molecule has 0 bridgehead atoms. The predicted molar refractivity (Wildman–Crippen MR) is 106 cm³/mol. The predicted octanol–water partition coefficient (Wildman–Crippen LogP) is 2.79. The molecule has 0 saturated carbocycles. The highest BCUT2D eigenvalue weighted by atomic mass is 19.1. The summed E-state index contributed by atoms with van der Waals surface area (Å²) < 4.78 is 13.2. The molecule has 0 atom stereocenters. The summed E-state index contributed by atoms with van der Waals surface area (Å²) in [4.78, 5) is 39.3. The molecule has 2 saturated heterocycles. The van der Waals surface area contributed by atoms with Gasteiger partial charge in [-0.05, 0) is 50.9 Å². The summed E-state index contributed by atoms with van der Waals surface area (Å²) >= 11 is 0. The zero-order valence-corrected chi connectivity index (χ0v) is 16.4. The minimum atomic E-state index is -0.731. The molecule has 2 aliphatic heterocycles. The fraction of sp³-hybridized carbons (Fsp3) is 0.600. The van der Waals surface area contributed by atoms with Crippen LogP contribution in [0.5, 0.6) is 0 Å². The summed E-state index contributed by atoms with van der Waals surface area (Å²) in [5, 5.41) is 13.5. The molecular weight excluding hydrogens is 379 g/mol. The van der Waals surface area contributed by atoms with E-state index in [0.717, 1.165) is 38.1 Å². The van der Waals surface area contributed by atoms with E-state index in [0.29, 0.717) is 25.9 Å². The number of rotatable bonds is 5. The topological polar surface area (TPSA) is 95.8 Å². The second-order valence-corrected chi connectivity index (χ2v) is 7.76. The molecule has 9 heteroatoms. The van der Waals surface area contributed by atoms with Crippen LogP contribution >= 0.6 is 0 Å². The van der Waals surface area contributed by atoms with E-state index in [9.17, 15) is 24.1 Å². The van der Waals surface area contributed by atoms with Crippen LogP contribution in [0.25, 0.3) is 0 Å². The fourth-order valence-electron chi connectivity index (χ4n) is 4.04. The molecule has 29 heavy (non-hydrogen) atoms. The van der Waals surface area contributed by atoms with Gasteiger partial charge in [0.05, 0.1) is 17.5 Å². The quantitative estimate of drug-likeness (QED) is 0.599. The number of hydrogen-bond acceptors (Lipinski definition) is 5. The monoisotopic (exact) mass is 406 g/mol. The highest BCUT2D eigenvalue weighted by Crippen LogP contribution is 2.25. The number of piperidine rings is 1. The van der Waals surface area contributed by atoms with Gasteiger partial charge in [-0.1, -0.05) is 12.8 Å². The van der Waals surface area contributed by atoms with Crippen LogP contribution in [0.1, 0.15) is 38.5 Å². The highest BCUT2D eigenvalue weighted by molar-refractivity contribution is 5.94. The Morgan fingerprint density at radius 3 is 2.38 bits per heavy atom. The van der Waals surface area contributed by atoms with Gasteiger partial charge in [-0.2, -0.15) is 0 Å². The molecule has 1 aromatic carbocycles.